The summed E-state index contributed by atoms with van der Waals surface area (Å²) in [4.78, 5) is 53.1. The second kappa shape index (κ2) is 9.27. The van der Waals surface area contributed by atoms with Crippen LogP contribution in [0.25, 0.3) is 0 Å². The summed E-state index contributed by atoms with van der Waals surface area (Å²) < 4.78 is 21.4. The Bertz CT molecular complexity index is 1250. The number of methoxy groups -OCH3 is 1. The molecular formula is C26H27ClN2O8. The van der Waals surface area contributed by atoms with Gasteiger partial charge in [-0.3, -0.25) is 14.4 Å². The number of furan rings is 1. The van der Waals surface area contributed by atoms with Crippen molar-refractivity contribution in [3.63, 3.8) is 0 Å². The van der Waals surface area contributed by atoms with Crippen molar-refractivity contribution in [1.82, 2.24) is 0 Å². The first kappa shape index (κ1) is 25.4. The van der Waals surface area contributed by atoms with E-state index in [1.807, 2.05) is 0 Å². The van der Waals surface area contributed by atoms with Crippen LogP contribution < -0.4 is 11.5 Å². The molecule has 2 aliphatic carbocycles. The topological polar surface area (TPSA) is 161 Å². The van der Waals surface area contributed by atoms with Gasteiger partial charge in [-0.1, -0.05) is 23.7 Å². The minimum Gasteiger partial charge on any atom is -0.472 e. The number of carbonyl (C=O) groups excluding carboxylic acids is 4. The number of benzene rings is 1. The van der Waals surface area contributed by atoms with Crippen molar-refractivity contribution in [3.8, 4) is 0 Å². The molecule has 196 valence electrons. The van der Waals surface area contributed by atoms with Gasteiger partial charge in [-0.2, -0.15) is 0 Å². The van der Waals surface area contributed by atoms with Gasteiger partial charge in [0.15, 0.2) is 11.9 Å². The Labute approximate surface area is 217 Å². The highest BCUT2D eigenvalue weighted by Gasteiger charge is 2.69. The van der Waals surface area contributed by atoms with E-state index < -0.39 is 64.7 Å². The van der Waals surface area contributed by atoms with Gasteiger partial charge in [-0.25, -0.2) is 4.79 Å². The summed E-state index contributed by atoms with van der Waals surface area (Å²) in [6.45, 7) is 0. The van der Waals surface area contributed by atoms with Gasteiger partial charge < -0.3 is 30.1 Å². The summed E-state index contributed by atoms with van der Waals surface area (Å²) in [5.41, 5.74) is 11.6. The minimum absolute atomic E-state index is 0.0668. The Kier molecular flexibility index (Phi) is 6.37. The van der Waals surface area contributed by atoms with Crippen molar-refractivity contribution in [1.29, 1.82) is 0 Å². The third-order valence-corrected chi connectivity index (χ3v) is 8.45. The van der Waals surface area contributed by atoms with E-state index in [2.05, 4.69) is 0 Å². The lowest BCUT2D eigenvalue weighted by Crippen LogP contribution is -2.78. The normalized spacial score (nSPS) is 35.1. The fourth-order valence-corrected chi connectivity index (χ4v) is 6.57. The van der Waals surface area contributed by atoms with Crippen LogP contribution in [0.4, 0.5) is 0 Å². The second-order valence-corrected chi connectivity index (χ2v) is 10.4. The molecular weight excluding hydrogens is 504 g/mol. The molecule has 4 N–H and O–H groups in total. The number of ketones is 1. The Hall–Kier alpha value is -3.21. The monoisotopic (exact) mass is 530 g/mol. The number of ether oxygens (including phenoxy) is 3. The highest BCUT2D eigenvalue weighted by Crippen LogP contribution is 2.55. The molecule has 1 aliphatic heterocycles. The number of nitrogens with two attached hydrogens (primary N) is 2. The highest BCUT2D eigenvalue weighted by molar-refractivity contribution is 6.33. The maximum absolute atomic E-state index is 14.0. The Morgan fingerprint density at radius 3 is 2.57 bits per heavy atom. The first-order chi connectivity index (χ1) is 17.6. The maximum atomic E-state index is 14.0. The fraction of sp³-hybridized carbons (Fsp3) is 0.462. The lowest BCUT2D eigenvalue weighted by molar-refractivity contribution is -0.186. The number of esters is 3. The van der Waals surface area contributed by atoms with Crippen LogP contribution in [0.5, 0.6) is 0 Å². The molecule has 3 fully saturated rings. The number of hydrogen-bond acceptors (Lipinski definition) is 10. The quantitative estimate of drug-likeness (QED) is 0.443. The summed E-state index contributed by atoms with van der Waals surface area (Å²) >= 11 is 6.14. The molecule has 1 unspecified atom stereocenters. The van der Waals surface area contributed by atoms with Crippen LogP contribution >= 0.6 is 11.6 Å². The molecule has 2 aromatic rings. The predicted molar refractivity (Wildman–Crippen MR) is 128 cm³/mol. The first-order valence-electron chi connectivity index (χ1n) is 12.0. The van der Waals surface area contributed by atoms with Crippen LogP contribution in [-0.2, 0) is 28.6 Å². The van der Waals surface area contributed by atoms with Gasteiger partial charge in [0.25, 0.3) is 0 Å². The highest BCUT2D eigenvalue weighted by atomic mass is 35.5. The third-order valence-electron chi connectivity index (χ3n) is 8.12. The molecule has 7 atom stereocenters. The number of hydrogen-bond donors (Lipinski definition) is 2. The molecule has 2 saturated carbocycles. The van der Waals surface area contributed by atoms with Gasteiger partial charge in [0.1, 0.15) is 6.10 Å². The molecule has 0 radical (unpaired) electrons. The number of fused-ring (bicyclic) bond motifs is 3. The van der Waals surface area contributed by atoms with Gasteiger partial charge in [-0.15, -0.1) is 0 Å². The van der Waals surface area contributed by atoms with Crippen LogP contribution in [0.3, 0.4) is 0 Å². The van der Waals surface area contributed by atoms with E-state index in [1.165, 1.54) is 31.8 Å². The SMILES string of the molecule is COC(=O)[C@@H]1CC(OC(=O)c2ccccc2Cl)C(=O)[C@H]2[C@@]1(N)CC[C@H]1C(=O)O[C@H](c3ccoc3)C[C@]21N. The second-order valence-electron chi connectivity index (χ2n) is 10.0. The molecule has 0 amide bonds. The van der Waals surface area contributed by atoms with Crippen molar-refractivity contribution in [2.75, 3.05) is 7.11 Å². The zero-order chi connectivity index (χ0) is 26.5. The molecule has 0 bridgehead atoms. The maximum Gasteiger partial charge on any atom is 0.340 e. The standard InChI is InChI=1S/C26H27ClN2O8/c1-34-23(32)16-10-18(36-22(31)14-4-2-3-5-17(14)27)20(30)21-25(16,28)8-6-15-24(33)37-19(11-26(15,21)29)13-7-9-35-12-13/h2-5,7,9,12,15-16,18-19,21H,6,8,10-11,28-29H2,1H3/t15-,16-,18?,19-,21-,25+,26+/m0/s1. The predicted octanol–water partition coefficient (Wildman–Crippen LogP) is 2.33. The van der Waals surface area contributed by atoms with Crippen LogP contribution in [0, 0.1) is 17.8 Å². The van der Waals surface area contributed by atoms with Crippen molar-refractivity contribution >= 4 is 35.3 Å². The molecule has 11 heteroatoms. The Balaban J connectivity index is 1.54. The van der Waals surface area contributed by atoms with Crippen LogP contribution in [0.1, 0.15) is 47.7 Å². The lowest BCUT2D eigenvalue weighted by atomic mass is 9.48. The molecule has 10 nitrogen and oxygen atoms in total. The molecule has 3 aliphatic rings. The molecule has 2 heterocycles. The van der Waals surface area contributed by atoms with Crippen LogP contribution in [0.15, 0.2) is 47.3 Å². The summed E-state index contributed by atoms with van der Waals surface area (Å²) in [5.74, 6) is -5.60. The molecule has 1 saturated heterocycles. The van der Waals surface area contributed by atoms with Crippen LogP contribution in [0.2, 0.25) is 5.02 Å². The van der Waals surface area contributed by atoms with Gasteiger partial charge in [-0.05, 0) is 31.0 Å². The summed E-state index contributed by atoms with van der Waals surface area (Å²) in [7, 11) is 1.22. The van der Waals surface area contributed by atoms with Crippen molar-refractivity contribution in [3.05, 3.63) is 59.0 Å². The Morgan fingerprint density at radius 2 is 1.89 bits per heavy atom. The van der Waals surface area contributed by atoms with E-state index >= 15 is 0 Å². The molecule has 1 aromatic heterocycles. The van der Waals surface area contributed by atoms with E-state index in [9.17, 15) is 19.2 Å². The lowest BCUT2D eigenvalue weighted by Gasteiger charge is -2.60. The van der Waals surface area contributed by atoms with Gasteiger partial charge in [0.05, 0.1) is 48.0 Å². The summed E-state index contributed by atoms with van der Waals surface area (Å²) in [6.07, 6.45) is 1.03. The average Bonchev–Trinajstić information content (AvgIpc) is 3.40. The van der Waals surface area contributed by atoms with E-state index in [1.54, 1.807) is 18.2 Å². The molecule has 0 spiro atoms. The third kappa shape index (κ3) is 4.03. The molecule has 5 rings (SSSR count). The zero-order valence-corrected chi connectivity index (χ0v) is 20.8. The van der Waals surface area contributed by atoms with Gasteiger partial charge >= 0.3 is 17.9 Å². The summed E-state index contributed by atoms with van der Waals surface area (Å²) in [5, 5.41) is 0.152. The largest absolute Gasteiger partial charge is 0.472 e. The number of cyclic esters (lactones) is 1. The van der Waals surface area contributed by atoms with Crippen molar-refractivity contribution < 1.29 is 37.8 Å². The van der Waals surface area contributed by atoms with E-state index in [0.29, 0.717) is 5.56 Å². The minimum atomic E-state index is -1.47. The van der Waals surface area contributed by atoms with Crippen molar-refractivity contribution in [2.24, 2.45) is 29.2 Å². The average molecular weight is 531 g/mol. The smallest absolute Gasteiger partial charge is 0.340 e. The number of carbonyl (C=O) groups is 4. The fourth-order valence-electron chi connectivity index (χ4n) is 6.36. The number of Topliss-reactive ketones (excluding diaryl/α,β-unsaturated/α-hetero) is 1. The molecule has 1 aromatic carbocycles. The van der Waals surface area contributed by atoms with E-state index in [0.717, 1.165) is 0 Å². The van der Waals surface area contributed by atoms with E-state index in [-0.39, 0.29) is 36.3 Å². The van der Waals surface area contributed by atoms with E-state index in [4.69, 9.17) is 41.7 Å². The molecule has 37 heavy (non-hydrogen) atoms. The van der Waals surface area contributed by atoms with Gasteiger partial charge in [0.2, 0.25) is 0 Å². The first-order valence-corrected chi connectivity index (χ1v) is 12.4. The van der Waals surface area contributed by atoms with Crippen LogP contribution in [-0.4, -0.2) is 48.0 Å². The van der Waals surface area contributed by atoms with Crippen molar-refractivity contribution in [2.45, 2.75) is 49.0 Å². The Morgan fingerprint density at radius 1 is 1.14 bits per heavy atom. The van der Waals surface area contributed by atoms with Gasteiger partial charge in [0, 0.05) is 29.5 Å². The zero-order valence-electron chi connectivity index (χ0n) is 20.1. The summed E-state index contributed by atoms with van der Waals surface area (Å²) in [6, 6.07) is 7.90. The number of halogens is 1. The number of rotatable bonds is 4.